The van der Waals surface area contributed by atoms with Crippen LogP contribution < -0.4 is 5.32 Å². The van der Waals surface area contributed by atoms with E-state index in [4.69, 9.17) is 0 Å². The van der Waals surface area contributed by atoms with E-state index in [9.17, 15) is 0 Å². The zero-order chi connectivity index (χ0) is 12.8. The Bertz CT molecular complexity index is 485. The maximum atomic E-state index is 3.46. The van der Waals surface area contributed by atoms with Crippen molar-refractivity contribution in [1.82, 2.24) is 0 Å². The fourth-order valence-electron chi connectivity index (χ4n) is 2.10. The normalized spacial score (nSPS) is 10.3. The number of anilines is 1. The fraction of sp³-hybridized carbons (Fsp3) is 0.294. The van der Waals surface area contributed by atoms with Gasteiger partial charge in [-0.15, -0.1) is 0 Å². The third kappa shape index (κ3) is 3.63. The highest BCUT2D eigenvalue weighted by atomic mass is 14.9. The van der Waals surface area contributed by atoms with Gasteiger partial charge in [-0.05, 0) is 36.6 Å². The topological polar surface area (TPSA) is 12.0 Å². The fourth-order valence-corrected chi connectivity index (χ4v) is 2.10. The molecule has 0 radical (unpaired) electrons. The molecular weight excluding hydrogens is 218 g/mol. The molecule has 0 atom stereocenters. The SMILES string of the molecule is CCCc1ccc(NCc2cccc(C)c2)cc1. The van der Waals surface area contributed by atoms with E-state index in [1.54, 1.807) is 0 Å². The van der Waals surface area contributed by atoms with Crippen molar-refractivity contribution in [3.63, 3.8) is 0 Å². The van der Waals surface area contributed by atoms with Crippen LogP contribution in [0.3, 0.4) is 0 Å². The Hall–Kier alpha value is -1.76. The largest absolute Gasteiger partial charge is 0.381 e. The van der Waals surface area contributed by atoms with Crippen molar-refractivity contribution in [1.29, 1.82) is 0 Å². The number of nitrogens with one attached hydrogen (secondary N) is 1. The van der Waals surface area contributed by atoms with Crippen molar-refractivity contribution in [3.8, 4) is 0 Å². The lowest BCUT2D eigenvalue weighted by molar-refractivity contribution is 0.922. The van der Waals surface area contributed by atoms with E-state index in [2.05, 4.69) is 67.7 Å². The molecule has 0 heterocycles. The van der Waals surface area contributed by atoms with E-state index >= 15 is 0 Å². The standard InChI is InChI=1S/C17H21N/c1-3-5-15-8-10-17(11-9-15)18-13-16-7-4-6-14(2)12-16/h4,6-12,18H,3,5,13H2,1-2H3. The lowest BCUT2D eigenvalue weighted by atomic mass is 10.1. The molecule has 2 rings (SSSR count). The van der Waals surface area contributed by atoms with E-state index in [1.165, 1.54) is 28.8 Å². The van der Waals surface area contributed by atoms with Crippen LogP contribution >= 0.6 is 0 Å². The highest BCUT2D eigenvalue weighted by molar-refractivity contribution is 5.45. The Morgan fingerprint density at radius 3 is 2.39 bits per heavy atom. The average Bonchev–Trinajstić information content (AvgIpc) is 2.38. The van der Waals surface area contributed by atoms with Gasteiger partial charge in [0.05, 0.1) is 0 Å². The summed E-state index contributed by atoms with van der Waals surface area (Å²) in [6.07, 6.45) is 2.37. The van der Waals surface area contributed by atoms with Gasteiger partial charge in [-0.1, -0.05) is 55.3 Å². The molecule has 0 amide bonds. The first-order valence-electron chi connectivity index (χ1n) is 6.66. The van der Waals surface area contributed by atoms with Gasteiger partial charge in [0.2, 0.25) is 0 Å². The summed E-state index contributed by atoms with van der Waals surface area (Å²) in [7, 11) is 0. The van der Waals surface area contributed by atoms with E-state index in [1.807, 2.05) is 0 Å². The van der Waals surface area contributed by atoms with Gasteiger partial charge < -0.3 is 5.32 Å². The summed E-state index contributed by atoms with van der Waals surface area (Å²) < 4.78 is 0. The van der Waals surface area contributed by atoms with E-state index in [0.717, 1.165) is 13.0 Å². The summed E-state index contributed by atoms with van der Waals surface area (Å²) in [6.45, 7) is 5.22. The molecule has 0 saturated carbocycles. The maximum absolute atomic E-state index is 3.46. The van der Waals surface area contributed by atoms with Crippen LogP contribution in [-0.2, 0) is 13.0 Å². The number of benzene rings is 2. The van der Waals surface area contributed by atoms with E-state index < -0.39 is 0 Å². The van der Waals surface area contributed by atoms with Crippen LogP contribution in [0.15, 0.2) is 48.5 Å². The van der Waals surface area contributed by atoms with Crippen molar-refractivity contribution >= 4 is 5.69 Å². The minimum atomic E-state index is 0.884. The molecule has 1 N–H and O–H groups in total. The number of rotatable bonds is 5. The first kappa shape index (κ1) is 12.7. The van der Waals surface area contributed by atoms with Gasteiger partial charge in [-0.2, -0.15) is 0 Å². The molecule has 0 unspecified atom stereocenters. The van der Waals surface area contributed by atoms with Crippen molar-refractivity contribution in [2.24, 2.45) is 0 Å². The molecule has 18 heavy (non-hydrogen) atoms. The summed E-state index contributed by atoms with van der Waals surface area (Å²) in [5.41, 5.74) is 5.25. The first-order chi connectivity index (χ1) is 8.78. The van der Waals surface area contributed by atoms with Crippen LogP contribution in [0.5, 0.6) is 0 Å². The summed E-state index contributed by atoms with van der Waals surface area (Å²) >= 11 is 0. The van der Waals surface area contributed by atoms with Crippen LogP contribution in [0.25, 0.3) is 0 Å². The lowest BCUT2D eigenvalue weighted by Gasteiger charge is -2.08. The smallest absolute Gasteiger partial charge is 0.0400 e. The molecule has 0 saturated heterocycles. The van der Waals surface area contributed by atoms with Gasteiger partial charge in [0.1, 0.15) is 0 Å². The predicted molar refractivity (Wildman–Crippen MR) is 78.9 cm³/mol. The van der Waals surface area contributed by atoms with Crippen molar-refractivity contribution in [2.75, 3.05) is 5.32 Å². The molecule has 1 heteroatoms. The molecule has 0 spiro atoms. The zero-order valence-corrected chi connectivity index (χ0v) is 11.2. The quantitative estimate of drug-likeness (QED) is 0.806. The average molecular weight is 239 g/mol. The van der Waals surface area contributed by atoms with Crippen LogP contribution in [-0.4, -0.2) is 0 Å². The molecule has 0 aliphatic heterocycles. The molecule has 94 valence electrons. The van der Waals surface area contributed by atoms with Crippen LogP contribution in [0.4, 0.5) is 5.69 Å². The molecule has 0 bridgehead atoms. The minimum Gasteiger partial charge on any atom is -0.381 e. The molecule has 2 aromatic rings. The summed E-state index contributed by atoms with van der Waals surface area (Å²) in [5, 5.41) is 3.46. The Balaban J connectivity index is 1.93. The van der Waals surface area contributed by atoms with Crippen molar-refractivity contribution < 1.29 is 0 Å². The second-order valence-electron chi connectivity index (χ2n) is 4.79. The van der Waals surface area contributed by atoms with Gasteiger partial charge in [0.15, 0.2) is 0 Å². The van der Waals surface area contributed by atoms with Crippen LogP contribution in [0.2, 0.25) is 0 Å². The Morgan fingerprint density at radius 2 is 1.72 bits per heavy atom. The second-order valence-corrected chi connectivity index (χ2v) is 4.79. The molecule has 0 aliphatic carbocycles. The second kappa shape index (κ2) is 6.25. The maximum Gasteiger partial charge on any atom is 0.0400 e. The predicted octanol–water partition coefficient (Wildman–Crippen LogP) is 4.56. The Kier molecular flexibility index (Phi) is 4.40. The number of aryl methyl sites for hydroxylation is 2. The summed E-state index contributed by atoms with van der Waals surface area (Å²) in [4.78, 5) is 0. The van der Waals surface area contributed by atoms with Crippen LogP contribution in [0.1, 0.15) is 30.0 Å². The van der Waals surface area contributed by atoms with E-state index in [0.29, 0.717) is 0 Å². The third-order valence-electron chi connectivity index (χ3n) is 3.07. The van der Waals surface area contributed by atoms with Gasteiger partial charge in [0.25, 0.3) is 0 Å². The molecule has 0 aromatic heterocycles. The van der Waals surface area contributed by atoms with Crippen LogP contribution in [0, 0.1) is 6.92 Å². The zero-order valence-electron chi connectivity index (χ0n) is 11.2. The van der Waals surface area contributed by atoms with Gasteiger partial charge in [-0.25, -0.2) is 0 Å². The van der Waals surface area contributed by atoms with Gasteiger partial charge in [-0.3, -0.25) is 0 Å². The first-order valence-corrected chi connectivity index (χ1v) is 6.66. The van der Waals surface area contributed by atoms with E-state index in [-0.39, 0.29) is 0 Å². The number of hydrogen-bond donors (Lipinski definition) is 1. The van der Waals surface area contributed by atoms with Crippen molar-refractivity contribution in [2.45, 2.75) is 33.2 Å². The number of hydrogen-bond acceptors (Lipinski definition) is 1. The Morgan fingerprint density at radius 1 is 0.944 bits per heavy atom. The molecule has 0 aliphatic rings. The Labute approximate surface area is 110 Å². The molecule has 1 nitrogen and oxygen atoms in total. The summed E-state index contributed by atoms with van der Waals surface area (Å²) in [6, 6.07) is 17.4. The monoisotopic (exact) mass is 239 g/mol. The lowest BCUT2D eigenvalue weighted by Crippen LogP contribution is -1.99. The highest BCUT2D eigenvalue weighted by Gasteiger charge is 1.95. The van der Waals surface area contributed by atoms with Gasteiger partial charge in [0, 0.05) is 12.2 Å². The summed E-state index contributed by atoms with van der Waals surface area (Å²) in [5.74, 6) is 0. The molecule has 0 fully saturated rings. The third-order valence-corrected chi connectivity index (χ3v) is 3.07. The van der Waals surface area contributed by atoms with Gasteiger partial charge >= 0.3 is 0 Å². The van der Waals surface area contributed by atoms with Crippen molar-refractivity contribution in [3.05, 3.63) is 65.2 Å². The molecule has 2 aromatic carbocycles. The highest BCUT2D eigenvalue weighted by Crippen LogP contribution is 2.13. The molecular formula is C17H21N. The minimum absolute atomic E-state index is 0.884.